The van der Waals surface area contributed by atoms with E-state index in [4.69, 9.17) is 20.2 Å². The first-order chi connectivity index (χ1) is 18.8. The van der Waals surface area contributed by atoms with Crippen molar-refractivity contribution in [2.45, 2.75) is 181 Å². The molecule has 0 aromatic carbocycles. The number of carbonyl (C=O) groups is 2. The molecule has 6 nitrogen and oxygen atoms in total. The third-order valence-electron chi connectivity index (χ3n) is 7.09. The molecule has 0 unspecified atom stereocenters. The van der Waals surface area contributed by atoms with Crippen molar-refractivity contribution in [1.82, 2.24) is 0 Å². The minimum atomic E-state index is -3.78. The summed E-state index contributed by atoms with van der Waals surface area (Å²) in [6.07, 6.45) is 25.1. The molecule has 8 heteroatoms. The minimum Gasteiger partial charge on any atom is -0.425 e. The third-order valence-corrected chi connectivity index (χ3v) is 8.28. The Morgan fingerprint density at radius 3 is 1.10 bits per heavy atom. The number of halogens is 1. The van der Waals surface area contributed by atoms with E-state index in [1.807, 2.05) is 0 Å². The molecule has 0 atom stereocenters. The Kier molecular flexibility index (Phi) is 26.8. The molecular weight excluding hydrogens is 536 g/mol. The number of esters is 2. The van der Waals surface area contributed by atoms with Gasteiger partial charge >= 0.3 is 11.9 Å². The van der Waals surface area contributed by atoms with Crippen molar-refractivity contribution in [1.29, 1.82) is 0 Å². The molecule has 0 amide bonds. The monoisotopic (exact) mass is 594 g/mol. The quantitative estimate of drug-likeness (QED) is 0.0370. The van der Waals surface area contributed by atoms with E-state index >= 15 is 0 Å². The topological polar surface area (TPSA) is 86.7 Å². The van der Waals surface area contributed by atoms with E-state index in [0.29, 0.717) is 12.8 Å². The van der Waals surface area contributed by atoms with Crippen molar-refractivity contribution in [3.8, 4) is 0 Å². The number of hydrogen-bond donors (Lipinski definition) is 0. The Morgan fingerprint density at radius 2 is 0.821 bits per heavy atom. The molecule has 0 aliphatic heterocycles. The highest BCUT2D eigenvalue weighted by Gasteiger charge is 2.21. The fraction of sp³-hybridized carbons (Fsp3) is 0.935. The van der Waals surface area contributed by atoms with Gasteiger partial charge in [0.15, 0.2) is 0 Å². The molecule has 232 valence electrons. The number of unbranched alkanes of at least 4 members (excludes halogenated alkanes) is 20. The lowest BCUT2D eigenvalue weighted by molar-refractivity contribution is -0.188. The molecule has 0 saturated carbocycles. The minimum absolute atomic E-state index is 0.153. The summed E-state index contributed by atoms with van der Waals surface area (Å²) in [5.74, 6) is -1.35. The first kappa shape index (κ1) is 38.2. The van der Waals surface area contributed by atoms with Gasteiger partial charge in [-0.3, -0.25) is 9.59 Å². The molecular formula is C31H59ClO6S. The normalized spacial score (nSPS) is 11.7. The van der Waals surface area contributed by atoms with Gasteiger partial charge in [0.25, 0.3) is 0 Å². The van der Waals surface area contributed by atoms with Crippen LogP contribution in [0.4, 0.5) is 0 Å². The average molecular weight is 595 g/mol. The van der Waals surface area contributed by atoms with E-state index in [-0.39, 0.29) is 19.3 Å². The number of rotatable bonds is 29. The summed E-state index contributed by atoms with van der Waals surface area (Å²) in [6, 6.07) is 0. The Labute approximate surface area is 245 Å². The molecule has 0 radical (unpaired) electrons. The summed E-state index contributed by atoms with van der Waals surface area (Å²) in [7, 11) is 1.53. The molecule has 0 bridgehead atoms. The van der Waals surface area contributed by atoms with Crippen LogP contribution < -0.4 is 0 Å². The van der Waals surface area contributed by atoms with Gasteiger partial charge in [-0.1, -0.05) is 142 Å². The lowest BCUT2D eigenvalue weighted by Gasteiger charge is -2.18. The van der Waals surface area contributed by atoms with Crippen LogP contribution >= 0.6 is 10.7 Å². The van der Waals surface area contributed by atoms with Gasteiger partial charge in [0.05, 0.1) is 5.75 Å². The summed E-state index contributed by atoms with van der Waals surface area (Å²) in [4.78, 5) is 24.6. The summed E-state index contributed by atoms with van der Waals surface area (Å²) in [5.41, 5.74) is 0. The van der Waals surface area contributed by atoms with Crippen molar-refractivity contribution >= 4 is 31.7 Å². The van der Waals surface area contributed by atoms with Gasteiger partial charge in [-0.2, -0.15) is 0 Å². The first-order valence-corrected chi connectivity index (χ1v) is 18.6. The van der Waals surface area contributed by atoms with Crippen LogP contribution in [0.5, 0.6) is 0 Å². The second kappa shape index (κ2) is 27.4. The van der Waals surface area contributed by atoms with E-state index in [1.54, 1.807) is 0 Å². The Balaban J connectivity index is 4.05. The molecule has 0 aliphatic carbocycles. The number of ether oxygens (including phenoxy) is 2. The maximum Gasteiger partial charge on any atom is 0.308 e. The van der Waals surface area contributed by atoms with Crippen LogP contribution in [0.2, 0.25) is 0 Å². The second-order valence-corrected chi connectivity index (χ2v) is 13.9. The second-order valence-electron chi connectivity index (χ2n) is 11.0. The maximum absolute atomic E-state index is 12.3. The van der Waals surface area contributed by atoms with Crippen molar-refractivity contribution < 1.29 is 27.5 Å². The van der Waals surface area contributed by atoms with E-state index in [2.05, 4.69) is 13.8 Å². The van der Waals surface area contributed by atoms with Gasteiger partial charge in [0.2, 0.25) is 15.3 Å². The highest BCUT2D eigenvalue weighted by molar-refractivity contribution is 8.13. The van der Waals surface area contributed by atoms with Crippen LogP contribution in [0.15, 0.2) is 0 Å². The van der Waals surface area contributed by atoms with Crippen LogP contribution in [0.3, 0.4) is 0 Å². The van der Waals surface area contributed by atoms with Gasteiger partial charge in [-0.05, 0) is 12.8 Å². The number of carbonyl (C=O) groups excluding carboxylic acids is 2. The lowest BCUT2D eigenvalue weighted by atomic mass is 10.1. The molecule has 0 N–H and O–H groups in total. The van der Waals surface area contributed by atoms with Crippen molar-refractivity contribution in [2.75, 3.05) is 5.75 Å². The van der Waals surface area contributed by atoms with E-state index in [1.165, 1.54) is 103 Å². The smallest absolute Gasteiger partial charge is 0.308 e. The Bertz CT molecular complexity index is 643. The molecule has 0 heterocycles. The molecule has 0 aromatic heterocycles. The Morgan fingerprint density at radius 1 is 0.538 bits per heavy atom. The van der Waals surface area contributed by atoms with Gasteiger partial charge in [0.1, 0.15) is 0 Å². The fourth-order valence-corrected chi connectivity index (χ4v) is 5.40. The van der Waals surface area contributed by atoms with E-state index in [0.717, 1.165) is 25.7 Å². The predicted octanol–water partition coefficient (Wildman–Crippen LogP) is 9.76. The zero-order valence-electron chi connectivity index (χ0n) is 25.2. The van der Waals surface area contributed by atoms with Crippen molar-refractivity contribution in [3.63, 3.8) is 0 Å². The van der Waals surface area contributed by atoms with Gasteiger partial charge in [-0.15, -0.1) is 0 Å². The van der Waals surface area contributed by atoms with Gasteiger partial charge < -0.3 is 9.47 Å². The zero-order valence-corrected chi connectivity index (χ0v) is 26.8. The van der Waals surface area contributed by atoms with Gasteiger partial charge in [-0.25, -0.2) is 8.42 Å². The fourth-order valence-electron chi connectivity index (χ4n) is 4.66. The largest absolute Gasteiger partial charge is 0.425 e. The number of hydrogen-bond acceptors (Lipinski definition) is 6. The summed E-state index contributed by atoms with van der Waals surface area (Å²) in [5, 5.41) is 0. The van der Waals surface area contributed by atoms with Crippen LogP contribution in [-0.4, -0.2) is 32.4 Å². The SMILES string of the molecule is CCCCCCCCCCCCCC(=O)OC(CCS(=O)(=O)Cl)OC(=O)CCCCCCCCCCCCC. The molecule has 0 fully saturated rings. The maximum atomic E-state index is 12.3. The van der Waals surface area contributed by atoms with E-state index in [9.17, 15) is 18.0 Å². The zero-order chi connectivity index (χ0) is 29.0. The van der Waals surface area contributed by atoms with Crippen LogP contribution in [0.25, 0.3) is 0 Å². The van der Waals surface area contributed by atoms with Crippen LogP contribution in [0.1, 0.15) is 174 Å². The summed E-state index contributed by atoms with van der Waals surface area (Å²) in [6.45, 7) is 4.46. The van der Waals surface area contributed by atoms with Gasteiger partial charge in [0, 0.05) is 29.9 Å². The molecule has 0 spiro atoms. The van der Waals surface area contributed by atoms with E-state index < -0.39 is 33.0 Å². The molecule has 39 heavy (non-hydrogen) atoms. The average Bonchev–Trinajstić information content (AvgIpc) is 2.88. The third kappa shape index (κ3) is 30.0. The van der Waals surface area contributed by atoms with Crippen LogP contribution in [0, 0.1) is 0 Å². The summed E-state index contributed by atoms with van der Waals surface area (Å²) < 4.78 is 33.3. The molecule has 0 saturated heterocycles. The first-order valence-electron chi connectivity index (χ1n) is 16.1. The summed E-state index contributed by atoms with van der Waals surface area (Å²) >= 11 is 0. The molecule has 0 aromatic rings. The van der Waals surface area contributed by atoms with Crippen molar-refractivity contribution in [2.24, 2.45) is 0 Å². The highest BCUT2D eigenvalue weighted by Crippen LogP contribution is 2.15. The Hall–Kier alpha value is -0.820. The molecule has 0 rings (SSSR count). The lowest BCUT2D eigenvalue weighted by Crippen LogP contribution is -2.26. The van der Waals surface area contributed by atoms with Crippen molar-refractivity contribution in [3.05, 3.63) is 0 Å². The van der Waals surface area contributed by atoms with Crippen LogP contribution in [-0.2, 0) is 28.1 Å². The standard InChI is InChI=1S/C31H59ClO6S/c1-3-5-7-9-11-13-15-17-19-21-23-25-29(33)37-31(27-28-39(32,35)36)38-30(34)26-24-22-20-18-16-14-12-10-8-6-4-2/h31H,3-28H2,1-2H3. The highest BCUT2D eigenvalue weighted by atomic mass is 35.7. The predicted molar refractivity (Wildman–Crippen MR) is 162 cm³/mol. The molecule has 0 aliphatic rings.